The van der Waals surface area contributed by atoms with Crippen LogP contribution in [0, 0.1) is 0 Å². The summed E-state index contributed by atoms with van der Waals surface area (Å²) in [5.41, 5.74) is 1.16. The van der Waals surface area contributed by atoms with E-state index in [-0.39, 0.29) is 0 Å². The Kier molecular flexibility index (Phi) is 7.37. The minimum atomic E-state index is -3.12. The molecule has 0 fully saturated rings. The molecule has 1 aromatic rings. The van der Waals surface area contributed by atoms with Gasteiger partial charge in [0.05, 0.1) is 12.8 Å². The van der Waals surface area contributed by atoms with E-state index in [1.165, 1.54) is 0 Å². The molecule has 126 valence electrons. The lowest BCUT2D eigenvalue weighted by molar-refractivity contribution is 0.461. The van der Waals surface area contributed by atoms with Gasteiger partial charge in [-0.1, -0.05) is 0 Å². The summed E-state index contributed by atoms with van der Waals surface area (Å²) in [6, 6.07) is 2.07. The number of aryl methyl sites for hydroxylation is 1. The van der Waals surface area contributed by atoms with Gasteiger partial charge in [0.25, 0.3) is 0 Å². The molecule has 0 bridgehead atoms. The third kappa shape index (κ3) is 6.80. The van der Waals surface area contributed by atoms with Gasteiger partial charge >= 0.3 is 0 Å². The second kappa shape index (κ2) is 8.54. The minimum Gasteiger partial charge on any atom is -0.356 e. The van der Waals surface area contributed by atoms with Crippen LogP contribution in [-0.4, -0.2) is 57.3 Å². The Labute approximate surface area is 141 Å². The molecule has 9 heteroatoms. The highest BCUT2D eigenvalue weighted by atomic mass is 79.9. The van der Waals surface area contributed by atoms with E-state index in [2.05, 4.69) is 41.6 Å². The topological polar surface area (TPSA) is 78.7 Å². The largest absolute Gasteiger partial charge is 0.356 e. The number of rotatable bonds is 7. The van der Waals surface area contributed by atoms with Crippen molar-refractivity contribution in [3.8, 4) is 0 Å². The molecule has 0 saturated carbocycles. The molecule has 0 aromatic carbocycles. The zero-order chi connectivity index (χ0) is 16.8. The molecule has 0 unspecified atom stereocenters. The number of nitrogens with one attached hydrogen (secondary N) is 2. The van der Waals surface area contributed by atoms with Crippen LogP contribution in [0.15, 0.2) is 21.7 Å². The first-order chi connectivity index (χ1) is 10.2. The first-order valence-electron chi connectivity index (χ1n) is 6.90. The van der Waals surface area contributed by atoms with Crippen LogP contribution >= 0.6 is 15.9 Å². The van der Waals surface area contributed by atoms with Crippen LogP contribution in [-0.2, 0) is 23.6 Å². The fourth-order valence-electron chi connectivity index (χ4n) is 1.97. The molecule has 1 heterocycles. The average molecular weight is 394 g/mol. The highest BCUT2D eigenvalue weighted by Crippen LogP contribution is 2.14. The van der Waals surface area contributed by atoms with E-state index in [4.69, 9.17) is 0 Å². The summed E-state index contributed by atoms with van der Waals surface area (Å²) in [5.74, 6) is 0.775. The third-order valence-corrected chi connectivity index (χ3v) is 4.21. The highest BCUT2D eigenvalue weighted by molar-refractivity contribution is 9.10. The van der Waals surface area contributed by atoms with Crippen LogP contribution in [0.5, 0.6) is 0 Å². The van der Waals surface area contributed by atoms with Gasteiger partial charge in [-0.05, 0) is 28.4 Å². The second-order valence-electron chi connectivity index (χ2n) is 5.11. The maximum absolute atomic E-state index is 11.0. The Morgan fingerprint density at radius 3 is 2.64 bits per heavy atom. The molecule has 1 rings (SSSR count). The minimum absolute atomic E-state index is 0.414. The number of nitrogens with zero attached hydrogens (tertiary/aromatic N) is 3. The summed E-state index contributed by atoms with van der Waals surface area (Å²) in [6.45, 7) is 1.79. The van der Waals surface area contributed by atoms with Crippen LogP contribution in [0.3, 0.4) is 0 Å². The van der Waals surface area contributed by atoms with Crippen molar-refractivity contribution in [1.82, 2.24) is 19.5 Å². The summed E-state index contributed by atoms with van der Waals surface area (Å²) in [5, 5.41) is 3.22. The molecule has 0 saturated heterocycles. The smallest absolute Gasteiger partial charge is 0.208 e. The lowest BCUT2D eigenvalue weighted by Crippen LogP contribution is -2.40. The predicted octanol–water partition coefficient (Wildman–Crippen LogP) is 0.734. The SMILES string of the molecule is CN=C(NCCCNS(C)(=O)=O)N(C)Cc1cc(Br)cn1C. The van der Waals surface area contributed by atoms with Gasteiger partial charge in [-0.3, -0.25) is 4.99 Å². The Morgan fingerprint density at radius 1 is 1.45 bits per heavy atom. The normalized spacial score (nSPS) is 12.5. The van der Waals surface area contributed by atoms with Crippen LogP contribution < -0.4 is 10.0 Å². The lowest BCUT2D eigenvalue weighted by atomic mass is 10.4. The molecule has 0 spiro atoms. The molecule has 0 aliphatic heterocycles. The van der Waals surface area contributed by atoms with E-state index in [0.29, 0.717) is 19.5 Å². The van der Waals surface area contributed by atoms with Crippen molar-refractivity contribution < 1.29 is 8.42 Å². The van der Waals surface area contributed by atoms with Gasteiger partial charge in [-0.15, -0.1) is 0 Å². The maximum atomic E-state index is 11.0. The van der Waals surface area contributed by atoms with Gasteiger partial charge in [0.2, 0.25) is 10.0 Å². The van der Waals surface area contributed by atoms with Crippen molar-refractivity contribution in [3.63, 3.8) is 0 Å². The number of halogens is 1. The molecule has 0 amide bonds. The Morgan fingerprint density at radius 2 is 2.14 bits per heavy atom. The lowest BCUT2D eigenvalue weighted by Gasteiger charge is -2.22. The second-order valence-corrected chi connectivity index (χ2v) is 7.86. The molecule has 22 heavy (non-hydrogen) atoms. The van der Waals surface area contributed by atoms with Gasteiger partial charge in [0.1, 0.15) is 0 Å². The van der Waals surface area contributed by atoms with E-state index in [1.54, 1.807) is 7.05 Å². The number of hydrogen-bond acceptors (Lipinski definition) is 3. The van der Waals surface area contributed by atoms with Crippen LogP contribution in [0.25, 0.3) is 0 Å². The molecular weight excluding hydrogens is 370 g/mol. The molecule has 1 aromatic heterocycles. The van der Waals surface area contributed by atoms with Gasteiger partial charge in [-0.2, -0.15) is 0 Å². The Balaban J connectivity index is 2.42. The van der Waals surface area contributed by atoms with Crippen molar-refractivity contribution in [3.05, 3.63) is 22.4 Å². The Hall–Kier alpha value is -1.06. The van der Waals surface area contributed by atoms with E-state index in [1.807, 2.05) is 25.2 Å². The third-order valence-electron chi connectivity index (χ3n) is 3.05. The first kappa shape index (κ1) is 19.0. The molecular formula is C13H24BrN5O2S. The maximum Gasteiger partial charge on any atom is 0.208 e. The number of aliphatic imine (C=N–C) groups is 1. The van der Waals surface area contributed by atoms with Gasteiger partial charge in [0.15, 0.2) is 5.96 Å². The number of hydrogen-bond donors (Lipinski definition) is 2. The highest BCUT2D eigenvalue weighted by Gasteiger charge is 2.09. The van der Waals surface area contributed by atoms with Crippen LogP contribution in [0.4, 0.5) is 0 Å². The van der Waals surface area contributed by atoms with Gasteiger partial charge in [-0.25, -0.2) is 13.1 Å². The van der Waals surface area contributed by atoms with E-state index >= 15 is 0 Å². The summed E-state index contributed by atoms with van der Waals surface area (Å²) >= 11 is 3.46. The van der Waals surface area contributed by atoms with Gasteiger partial charge < -0.3 is 14.8 Å². The van der Waals surface area contributed by atoms with Gasteiger partial charge in [0, 0.05) is 50.6 Å². The Bertz CT molecular complexity index is 612. The zero-order valence-electron chi connectivity index (χ0n) is 13.4. The summed E-state index contributed by atoms with van der Waals surface area (Å²) in [6.07, 6.45) is 3.86. The monoisotopic (exact) mass is 393 g/mol. The van der Waals surface area contributed by atoms with Crippen molar-refractivity contribution in [2.45, 2.75) is 13.0 Å². The van der Waals surface area contributed by atoms with E-state index in [9.17, 15) is 8.42 Å². The van der Waals surface area contributed by atoms with Crippen molar-refractivity contribution in [1.29, 1.82) is 0 Å². The van der Waals surface area contributed by atoms with Crippen molar-refractivity contribution >= 4 is 31.9 Å². The zero-order valence-corrected chi connectivity index (χ0v) is 15.8. The molecule has 7 nitrogen and oxygen atoms in total. The standard InChI is InChI=1S/C13H24BrN5O2S/c1-15-13(16-6-5-7-17-22(4,20)21)19(3)10-12-8-11(14)9-18(12)2/h8-9,17H,5-7,10H2,1-4H3,(H,15,16). The van der Waals surface area contributed by atoms with Crippen LogP contribution in [0.1, 0.15) is 12.1 Å². The number of sulfonamides is 1. The molecule has 0 atom stereocenters. The summed E-state index contributed by atoms with van der Waals surface area (Å²) in [7, 11) is 2.58. The van der Waals surface area contributed by atoms with E-state index < -0.39 is 10.0 Å². The summed E-state index contributed by atoms with van der Waals surface area (Å²) in [4.78, 5) is 6.26. The molecule has 0 radical (unpaired) electrons. The van der Waals surface area contributed by atoms with E-state index in [0.717, 1.165) is 28.9 Å². The molecule has 2 N–H and O–H groups in total. The number of guanidine groups is 1. The van der Waals surface area contributed by atoms with Crippen LogP contribution in [0.2, 0.25) is 0 Å². The first-order valence-corrected chi connectivity index (χ1v) is 9.58. The quantitative estimate of drug-likeness (QED) is 0.406. The predicted molar refractivity (Wildman–Crippen MR) is 93.4 cm³/mol. The molecule has 0 aliphatic rings. The van der Waals surface area contributed by atoms with Crippen molar-refractivity contribution in [2.24, 2.45) is 12.0 Å². The molecule has 0 aliphatic carbocycles. The fraction of sp³-hybridized carbons (Fsp3) is 0.615. The number of aromatic nitrogens is 1. The fourth-order valence-corrected chi connectivity index (χ4v) is 3.06. The average Bonchev–Trinajstić information content (AvgIpc) is 2.70. The van der Waals surface area contributed by atoms with Crippen molar-refractivity contribution in [2.75, 3.05) is 33.4 Å². The summed E-state index contributed by atoms with van der Waals surface area (Å²) < 4.78 is 27.5.